The molecule has 0 atom stereocenters. The Kier molecular flexibility index (Phi) is 2.92. The van der Waals surface area contributed by atoms with E-state index in [-0.39, 0.29) is 28.8 Å². The Balaban J connectivity index is 1.83. The van der Waals surface area contributed by atoms with Crippen LogP contribution in [-0.2, 0) is 0 Å². The Morgan fingerprint density at radius 3 is 2.52 bits per heavy atom. The van der Waals surface area contributed by atoms with Crippen molar-refractivity contribution in [3.63, 3.8) is 0 Å². The SMILES string of the molecule is CC1(C)C(N)C(C)(C)C1NC(=O)c1ccc2cc[nH]c2c1. The van der Waals surface area contributed by atoms with Crippen LogP contribution < -0.4 is 11.1 Å². The Morgan fingerprint density at radius 2 is 1.86 bits per heavy atom. The van der Waals surface area contributed by atoms with Crippen LogP contribution in [0.1, 0.15) is 38.1 Å². The maximum absolute atomic E-state index is 12.5. The first kappa shape index (κ1) is 14.1. The molecule has 112 valence electrons. The lowest BCUT2D eigenvalue weighted by Crippen LogP contribution is -2.76. The number of nitrogens with one attached hydrogen (secondary N) is 2. The molecular formula is C17H23N3O. The van der Waals surface area contributed by atoms with Crippen LogP contribution in [0.3, 0.4) is 0 Å². The van der Waals surface area contributed by atoms with Crippen LogP contribution in [0.2, 0.25) is 0 Å². The van der Waals surface area contributed by atoms with Crippen LogP contribution in [-0.4, -0.2) is 23.0 Å². The van der Waals surface area contributed by atoms with Crippen LogP contribution in [0, 0.1) is 10.8 Å². The third-order valence-corrected chi connectivity index (χ3v) is 5.18. The maximum atomic E-state index is 12.5. The molecule has 1 aromatic carbocycles. The maximum Gasteiger partial charge on any atom is 0.251 e. The Morgan fingerprint density at radius 1 is 1.19 bits per heavy atom. The summed E-state index contributed by atoms with van der Waals surface area (Å²) in [6.45, 7) is 8.45. The summed E-state index contributed by atoms with van der Waals surface area (Å²) in [5.74, 6) is -0.0375. The van der Waals surface area contributed by atoms with Crippen molar-refractivity contribution in [1.29, 1.82) is 0 Å². The number of aromatic amines is 1. The average molecular weight is 285 g/mol. The number of hydrogen-bond acceptors (Lipinski definition) is 2. The molecule has 1 amide bonds. The van der Waals surface area contributed by atoms with Gasteiger partial charge in [-0.15, -0.1) is 0 Å². The molecule has 1 fully saturated rings. The van der Waals surface area contributed by atoms with Crippen molar-refractivity contribution in [3.05, 3.63) is 36.0 Å². The zero-order valence-corrected chi connectivity index (χ0v) is 13.0. The van der Waals surface area contributed by atoms with E-state index in [0.717, 1.165) is 10.9 Å². The number of amides is 1. The van der Waals surface area contributed by atoms with Crippen molar-refractivity contribution in [3.8, 4) is 0 Å². The standard InChI is InChI=1S/C17H23N3O/c1-16(2)14(18)17(3,4)15(16)20-13(21)11-6-5-10-7-8-19-12(10)9-11/h5-9,14-15,19H,18H2,1-4H3,(H,20,21). The van der Waals surface area contributed by atoms with Crippen LogP contribution in [0.5, 0.6) is 0 Å². The zero-order chi connectivity index (χ0) is 15.4. The molecule has 2 aromatic rings. The highest BCUT2D eigenvalue weighted by molar-refractivity contribution is 5.98. The molecule has 0 bridgehead atoms. The fraction of sp³-hybridized carbons (Fsp3) is 0.471. The fourth-order valence-electron chi connectivity index (χ4n) is 3.96. The predicted octanol–water partition coefficient (Wildman–Crippen LogP) is 2.66. The minimum Gasteiger partial charge on any atom is -0.361 e. The van der Waals surface area contributed by atoms with Gasteiger partial charge in [0.1, 0.15) is 0 Å². The Labute approximate surface area is 125 Å². The van der Waals surface area contributed by atoms with Crippen LogP contribution in [0.25, 0.3) is 10.9 Å². The van der Waals surface area contributed by atoms with Crippen LogP contribution >= 0.6 is 0 Å². The summed E-state index contributed by atoms with van der Waals surface area (Å²) in [7, 11) is 0. The van der Waals surface area contributed by atoms with Gasteiger partial charge in [0, 0.05) is 40.2 Å². The van der Waals surface area contributed by atoms with E-state index >= 15 is 0 Å². The minimum atomic E-state index is -0.0876. The molecule has 0 spiro atoms. The van der Waals surface area contributed by atoms with E-state index < -0.39 is 0 Å². The van der Waals surface area contributed by atoms with Gasteiger partial charge in [0.25, 0.3) is 5.91 Å². The number of nitrogens with two attached hydrogens (primary N) is 1. The zero-order valence-electron chi connectivity index (χ0n) is 13.0. The monoisotopic (exact) mass is 285 g/mol. The molecule has 4 N–H and O–H groups in total. The molecule has 1 aliphatic carbocycles. The van der Waals surface area contributed by atoms with Gasteiger partial charge in [-0.3, -0.25) is 4.79 Å². The van der Waals surface area contributed by atoms with Crippen molar-refractivity contribution < 1.29 is 4.79 Å². The molecule has 4 heteroatoms. The molecule has 1 heterocycles. The third kappa shape index (κ3) is 1.97. The average Bonchev–Trinajstić information content (AvgIpc) is 2.90. The molecule has 21 heavy (non-hydrogen) atoms. The van der Waals surface area contributed by atoms with Crippen molar-refractivity contribution >= 4 is 16.8 Å². The number of fused-ring (bicyclic) bond motifs is 1. The van der Waals surface area contributed by atoms with Crippen molar-refractivity contribution in [1.82, 2.24) is 10.3 Å². The summed E-state index contributed by atoms with van der Waals surface area (Å²) in [5.41, 5.74) is 7.72. The van der Waals surface area contributed by atoms with E-state index in [2.05, 4.69) is 38.0 Å². The summed E-state index contributed by atoms with van der Waals surface area (Å²) in [5, 5.41) is 4.28. The fourth-order valence-corrected chi connectivity index (χ4v) is 3.96. The van der Waals surface area contributed by atoms with Gasteiger partial charge in [0.05, 0.1) is 0 Å². The summed E-state index contributed by atoms with van der Waals surface area (Å²) in [6, 6.07) is 7.87. The minimum absolute atomic E-state index is 0.0375. The highest BCUT2D eigenvalue weighted by Gasteiger charge is 2.60. The number of H-pyrrole nitrogens is 1. The van der Waals surface area contributed by atoms with Gasteiger partial charge < -0.3 is 16.0 Å². The summed E-state index contributed by atoms with van der Waals surface area (Å²) in [4.78, 5) is 15.7. The molecule has 0 unspecified atom stereocenters. The van der Waals surface area contributed by atoms with Gasteiger partial charge in [-0.1, -0.05) is 33.8 Å². The number of hydrogen-bond donors (Lipinski definition) is 3. The molecular weight excluding hydrogens is 262 g/mol. The van der Waals surface area contributed by atoms with Gasteiger partial charge in [0.15, 0.2) is 0 Å². The van der Waals surface area contributed by atoms with Crippen molar-refractivity contribution in [2.24, 2.45) is 16.6 Å². The van der Waals surface area contributed by atoms with Crippen molar-refractivity contribution in [2.75, 3.05) is 0 Å². The lowest BCUT2D eigenvalue weighted by molar-refractivity contribution is -0.0663. The molecule has 0 aliphatic heterocycles. The van der Waals surface area contributed by atoms with E-state index in [1.54, 1.807) is 0 Å². The van der Waals surface area contributed by atoms with E-state index in [1.165, 1.54) is 0 Å². The number of carbonyl (C=O) groups excluding carboxylic acids is 1. The van der Waals surface area contributed by atoms with Crippen molar-refractivity contribution in [2.45, 2.75) is 39.8 Å². The topological polar surface area (TPSA) is 70.9 Å². The smallest absolute Gasteiger partial charge is 0.251 e. The molecule has 1 aromatic heterocycles. The Hall–Kier alpha value is -1.81. The summed E-state index contributed by atoms with van der Waals surface area (Å²) in [6.07, 6.45) is 1.88. The normalized spacial score (nSPS) is 26.3. The lowest BCUT2D eigenvalue weighted by atomic mass is 9.48. The largest absolute Gasteiger partial charge is 0.361 e. The first-order valence-electron chi connectivity index (χ1n) is 7.38. The quantitative estimate of drug-likeness (QED) is 0.794. The highest BCUT2D eigenvalue weighted by Crippen LogP contribution is 2.52. The number of rotatable bonds is 2. The van der Waals surface area contributed by atoms with E-state index in [0.29, 0.717) is 5.56 Å². The molecule has 0 radical (unpaired) electrons. The number of carbonyl (C=O) groups is 1. The highest BCUT2D eigenvalue weighted by atomic mass is 16.1. The number of benzene rings is 1. The Bertz CT molecular complexity index is 683. The molecule has 4 nitrogen and oxygen atoms in total. The van der Waals surface area contributed by atoms with Crippen LogP contribution in [0.15, 0.2) is 30.5 Å². The number of aromatic nitrogens is 1. The first-order valence-corrected chi connectivity index (χ1v) is 7.38. The lowest BCUT2D eigenvalue weighted by Gasteiger charge is -2.62. The second-order valence-electron chi connectivity index (χ2n) is 7.31. The molecule has 3 rings (SSSR count). The van der Waals surface area contributed by atoms with Gasteiger partial charge in [-0.2, -0.15) is 0 Å². The van der Waals surface area contributed by atoms with Crippen LogP contribution in [0.4, 0.5) is 0 Å². The molecule has 1 aliphatic rings. The molecule has 1 saturated carbocycles. The van der Waals surface area contributed by atoms with Gasteiger partial charge in [-0.25, -0.2) is 0 Å². The second-order valence-corrected chi connectivity index (χ2v) is 7.31. The second kappa shape index (κ2) is 4.34. The van der Waals surface area contributed by atoms with Gasteiger partial charge >= 0.3 is 0 Å². The van der Waals surface area contributed by atoms with Gasteiger partial charge in [-0.05, 0) is 23.6 Å². The third-order valence-electron chi connectivity index (χ3n) is 5.18. The van der Waals surface area contributed by atoms with E-state index in [4.69, 9.17) is 5.73 Å². The van der Waals surface area contributed by atoms with E-state index in [1.807, 2.05) is 30.5 Å². The molecule has 0 saturated heterocycles. The summed E-state index contributed by atoms with van der Waals surface area (Å²) >= 11 is 0. The van der Waals surface area contributed by atoms with E-state index in [9.17, 15) is 4.79 Å². The first-order chi connectivity index (χ1) is 9.74. The summed E-state index contributed by atoms with van der Waals surface area (Å²) < 4.78 is 0. The van der Waals surface area contributed by atoms with Gasteiger partial charge in [0.2, 0.25) is 0 Å². The predicted molar refractivity (Wildman–Crippen MR) is 85.1 cm³/mol.